The SMILES string of the molecule is CNC(Cc1cccc(F)c1)C1CN(C)CCN1C. The molecule has 0 saturated carbocycles. The highest BCUT2D eigenvalue weighted by molar-refractivity contribution is 5.18. The van der Waals surface area contributed by atoms with Crippen LogP contribution in [0.25, 0.3) is 0 Å². The van der Waals surface area contributed by atoms with Crippen LogP contribution in [0.5, 0.6) is 0 Å². The molecular weight excluding hydrogens is 241 g/mol. The lowest BCUT2D eigenvalue weighted by molar-refractivity contribution is 0.0897. The number of piperazine rings is 1. The highest BCUT2D eigenvalue weighted by Crippen LogP contribution is 2.15. The Balaban J connectivity index is 2.06. The second-order valence-electron chi connectivity index (χ2n) is 5.54. The standard InChI is InChI=1S/C15H24FN3/c1-17-14(10-12-5-4-6-13(16)9-12)15-11-18(2)7-8-19(15)3/h4-6,9,14-15,17H,7-8,10-11H2,1-3H3. The fourth-order valence-corrected chi connectivity index (χ4v) is 2.83. The van der Waals surface area contributed by atoms with Crippen molar-refractivity contribution in [3.8, 4) is 0 Å². The van der Waals surface area contributed by atoms with Crippen LogP contribution in [0.4, 0.5) is 4.39 Å². The van der Waals surface area contributed by atoms with Crippen LogP contribution in [0, 0.1) is 5.82 Å². The van der Waals surface area contributed by atoms with Crippen LogP contribution in [0.3, 0.4) is 0 Å². The minimum Gasteiger partial charge on any atom is -0.315 e. The van der Waals surface area contributed by atoms with E-state index in [1.54, 1.807) is 12.1 Å². The first-order valence-electron chi connectivity index (χ1n) is 6.90. The van der Waals surface area contributed by atoms with Gasteiger partial charge in [-0.2, -0.15) is 0 Å². The van der Waals surface area contributed by atoms with Gasteiger partial charge in [0.2, 0.25) is 0 Å². The molecule has 0 spiro atoms. The predicted molar refractivity (Wildman–Crippen MR) is 76.9 cm³/mol. The lowest BCUT2D eigenvalue weighted by Crippen LogP contribution is -2.58. The third kappa shape index (κ3) is 3.75. The topological polar surface area (TPSA) is 18.5 Å². The average molecular weight is 265 g/mol. The van der Waals surface area contributed by atoms with Crippen LogP contribution in [-0.4, -0.2) is 62.7 Å². The number of likely N-dealkylation sites (N-methyl/N-ethyl adjacent to an activating group) is 3. The van der Waals surface area contributed by atoms with Crippen molar-refractivity contribution < 1.29 is 4.39 Å². The van der Waals surface area contributed by atoms with Gasteiger partial charge in [0.1, 0.15) is 5.82 Å². The van der Waals surface area contributed by atoms with E-state index >= 15 is 0 Å². The summed E-state index contributed by atoms with van der Waals surface area (Å²) in [4.78, 5) is 4.76. The van der Waals surface area contributed by atoms with Crippen molar-refractivity contribution >= 4 is 0 Å². The van der Waals surface area contributed by atoms with E-state index in [2.05, 4.69) is 29.2 Å². The van der Waals surface area contributed by atoms with Crippen molar-refractivity contribution in [2.45, 2.75) is 18.5 Å². The largest absolute Gasteiger partial charge is 0.315 e. The zero-order chi connectivity index (χ0) is 13.8. The van der Waals surface area contributed by atoms with Crippen molar-refractivity contribution in [2.24, 2.45) is 0 Å². The molecule has 3 nitrogen and oxygen atoms in total. The van der Waals surface area contributed by atoms with Gasteiger partial charge in [-0.15, -0.1) is 0 Å². The molecule has 1 aliphatic heterocycles. The first kappa shape index (κ1) is 14.4. The van der Waals surface area contributed by atoms with Gasteiger partial charge in [0.25, 0.3) is 0 Å². The molecule has 2 rings (SSSR count). The molecule has 0 aliphatic carbocycles. The van der Waals surface area contributed by atoms with E-state index in [9.17, 15) is 4.39 Å². The fourth-order valence-electron chi connectivity index (χ4n) is 2.83. The van der Waals surface area contributed by atoms with Crippen LogP contribution in [0.2, 0.25) is 0 Å². The molecule has 2 unspecified atom stereocenters. The van der Waals surface area contributed by atoms with Crippen LogP contribution in [0.15, 0.2) is 24.3 Å². The van der Waals surface area contributed by atoms with E-state index in [-0.39, 0.29) is 5.82 Å². The Kier molecular flexibility index (Phi) is 4.91. The Morgan fingerprint density at radius 3 is 2.84 bits per heavy atom. The first-order valence-corrected chi connectivity index (χ1v) is 6.90. The van der Waals surface area contributed by atoms with Gasteiger partial charge in [-0.3, -0.25) is 4.90 Å². The minimum absolute atomic E-state index is 0.151. The molecule has 2 atom stereocenters. The van der Waals surface area contributed by atoms with E-state index in [0.29, 0.717) is 12.1 Å². The molecule has 1 saturated heterocycles. The normalized spacial score (nSPS) is 23.5. The summed E-state index contributed by atoms with van der Waals surface area (Å²) in [6.07, 6.45) is 0.858. The van der Waals surface area contributed by atoms with Gasteiger partial charge in [-0.05, 0) is 45.3 Å². The van der Waals surface area contributed by atoms with Gasteiger partial charge in [0.15, 0.2) is 0 Å². The minimum atomic E-state index is -0.151. The van der Waals surface area contributed by atoms with Crippen molar-refractivity contribution in [1.29, 1.82) is 0 Å². The Bertz CT molecular complexity index is 410. The zero-order valence-corrected chi connectivity index (χ0v) is 12.1. The maximum Gasteiger partial charge on any atom is 0.123 e. The molecule has 1 N–H and O–H groups in total. The summed E-state index contributed by atoms with van der Waals surface area (Å²) in [7, 11) is 6.33. The number of halogens is 1. The third-order valence-corrected chi connectivity index (χ3v) is 4.08. The third-order valence-electron chi connectivity index (χ3n) is 4.08. The van der Waals surface area contributed by atoms with Crippen molar-refractivity contribution in [3.05, 3.63) is 35.6 Å². The Labute approximate surface area is 115 Å². The summed E-state index contributed by atoms with van der Waals surface area (Å²) in [6.45, 7) is 3.25. The Morgan fingerprint density at radius 1 is 1.37 bits per heavy atom. The molecule has 1 fully saturated rings. The molecular formula is C15H24FN3. The van der Waals surface area contributed by atoms with Gasteiger partial charge in [0.05, 0.1) is 0 Å². The number of benzene rings is 1. The van der Waals surface area contributed by atoms with Crippen LogP contribution < -0.4 is 5.32 Å². The highest BCUT2D eigenvalue weighted by Gasteiger charge is 2.28. The summed E-state index contributed by atoms with van der Waals surface area (Å²) in [5.74, 6) is -0.151. The van der Waals surface area contributed by atoms with E-state index in [1.165, 1.54) is 6.07 Å². The molecule has 1 aliphatic rings. The van der Waals surface area contributed by atoms with Crippen LogP contribution in [0.1, 0.15) is 5.56 Å². The predicted octanol–water partition coefficient (Wildman–Crippen LogP) is 1.20. The average Bonchev–Trinajstić information content (AvgIpc) is 2.39. The first-order chi connectivity index (χ1) is 9.10. The molecule has 1 aromatic carbocycles. The maximum atomic E-state index is 13.3. The number of hydrogen-bond acceptors (Lipinski definition) is 3. The molecule has 0 radical (unpaired) electrons. The summed E-state index contributed by atoms with van der Waals surface area (Å²) in [6, 6.07) is 7.73. The molecule has 19 heavy (non-hydrogen) atoms. The molecule has 0 bridgehead atoms. The highest BCUT2D eigenvalue weighted by atomic mass is 19.1. The van der Waals surface area contributed by atoms with Crippen molar-refractivity contribution in [3.63, 3.8) is 0 Å². The molecule has 1 aromatic rings. The molecule has 1 heterocycles. The molecule has 106 valence electrons. The van der Waals surface area contributed by atoms with E-state index < -0.39 is 0 Å². The zero-order valence-electron chi connectivity index (χ0n) is 12.1. The van der Waals surface area contributed by atoms with Gasteiger partial charge < -0.3 is 10.2 Å². The van der Waals surface area contributed by atoms with Crippen LogP contribution in [-0.2, 0) is 6.42 Å². The van der Waals surface area contributed by atoms with Crippen molar-refractivity contribution in [1.82, 2.24) is 15.1 Å². The van der Waals surface area contributed by atoms with Gasteiger partial charge in [-0.1, -0.05) is 12.1 Å². The van der Waals surface area contributed by atoms with E-state index in [0.717, 1.165) is 31.6 Å². The monoisotopic (exact) mass is 265 g/mol. The quantitative estimate of drug-likeness (QED) is 0.882. The van der Waals surface area contributed by atoms with E-state index in [1.807, 2.05) is 13.1 Å². The number of nitrogens with zero attached hydrogens (tertiary/aromatic N) is 2. The van der Waals surface area contributed by atoms with Crippen LogP contribution >= 0.6 is 0 Å². The number of hydrogen-bond donors (Lipinski definition) is 1. The smallest absolute Gasteiger partial charge is 0.123 e. The fraction of sp³-hybridized carbons (Fsp3) is 0.600. The summed E-state index contributed by atoms with van der Waals surface area (Å²) >= 11 is 0. The maximum absolute atomic E-state index is 13.3. The lowest BCUT2D eigenvalue weighted by Gasteiger charge is -2.42. The Hall–Kier alpha value is -0.970. The second-order valence-corrected chi connectivity index (χ2v) is 5.54. The molecule has 0 aromatic heterocycles. The molecule has 4 heteroatoms. The van der Waals surface area contributed by atoms with Gasteiger partial charge >= 0.3 is 0 Å². The summed E-state index contributed by atoms with van der Waals surface area (Å²) in [5, 5.41) is 3.40. The van der Waals surface area contributed by atoms with E-state index in [4.69, 9.17) is 0 Å². The number of nitrogens with one attached hydrogen (secondary N) is 1. The number of rotatable bonds is 4. The lowest BCUT2D eigenvalue weighted by atomic mass is 9.96. The van der Waals surface area contributed by atoms with Gasteiger partial charge in [0, 0.05) is 31.7 Å². The van der Waals surface area contributed by atoms with Crippen molar-refractivity contribution in [2.75, 3.05) is 40.8 Å². The summed E-state index contributed by atoms with van der Waals surface area (Å²) in [5.41, 5.74) is 1.06. The van der Waals surface area contributed by atoms with Gasteiger partial charge in [-0.25, -0.2) is 4.39 Å². The summed E-state index contributed by atoms with van der Waals surface area (Å²) < 4.78 is 13.3. The Morgan fingerprint density at radius 2 is 2.16 bits per heavy atom. The second kappa shape index (κ2) is 6.46. The molecule has 0 amide bonds.